The fraction of sp³-hybridized carbons (Fsp3) is 0.154. The van der Waals surface area contributed by atoms with E-state index in [1.807, 2.05) is 24.7 Å². The van der Waals surface area contributed by atoms with Crippen LogP contribution in [0.5, 0.6) is 0 Å². The molecule has 4 nitrogen and oxygen atoms in total. The molecule has 0 radical (unpaired) electrons. The Hall–Kier alpha value is -1.53. The van der Waals surface area contributed by atoms with Crippen molar-refractivity contribution < 1.29 is 0 Å². The lowest BCUT2D eigenvalue weighted by Gasteiger charge is -2.28. The summed E-state index contributed by atoms with van der Waals surface area (Å²) in [5.74, 6) is 0. The van der Waals surface area contributed by atoms with Gasteiger partial charge in [0.15, 0.2) is 5.11 Å². The van der Waals surface area contributed by atoms with Crippen LogP contribution in [0.2, 0.25) is 0 Å². The summed E-state index contributed by atoms with van der Waals surface area (Å²) in [5, 5.41) is 1.95. The van der Waals surface area contributed by atoms with Crippen LogP contribution in [-0.4, -0.2) is 21.6 Å². The van der Waals surface area contributed by atoms with Crippen LogP contribution < -0.4 is 11.2 Å². The minimum atomic E-state index is 0.235. The molecule has 0 fully saturated rings. The molecular weight excluding hydrogens is 324 g/mol. The molecule has 1 heterocycles. The van der Waals surface area contributed by atoms with Crippen LogP contribution in [-0.2, 0) is 6.42 Å². The molecule has 1 aromatic carbocycles. The van der Waals surface area contributed by atoms with Gasteiger partial charge in [0.2, 0.25) is 0 Å². The van der Waals surface area contributed by atoms with Gasteiger partial charge >= 0.3 is 0 Å². The van der Waals surface area contributed by atoms with Gasteiger partial charge in [0, 0.05) is 18.9 Å². The number of nitrogens with two attached hydrogens (primary N) is 1. The number of halogens is 1. The fourth-order valence-corrected chi connectivity index (χ4v) is 2.35. The van der Waals surface area contributed by atoms with Gasteiger partial charge in [0.05, 0.1) is 6.20 Å². The van der Waals surface area contributed by atoms with E-state index in [0.717, 1.165) is 17.6 Å². The van der Waals surface area contributed by atoms with Gasteiger partial charge in [0.1, 0.15) is 4.61 Å². The van der Waals surface area contributed by atoms with E-state index in [9.17, 15) is 0 Å². The Morgan fingerprint density at radius 3 is 2.63 bits per heavy atom. The molecule has 3 N–H and O–H groups in total. The second kappa shape index (κ2) is 6.58. The van der Waals surface area contributed by atoms with E-state index in [2.05, 4.69) is 50.5 Å². The standard InChI is InChI=1S/C13H15BrN4S/c14-12-10-18(16-13(15)19)9-8-17(12)7-6-11-4-2-1-3-5-11/h1-5,8-10H,6-7H2,(H3,15,16,19). The molecule has 0 amide bonds. The van der Waals surface area contributed by atoms with Crippen molar-refractivity contribution in [1.82, 2.24) is 15.3 Å². The van der Waals surface area contributed by atoms with E-state index in [0.29, 0.717) is 0 Å². The third kappa shape index (κ3) is 4.25. The Bertz CT molecular complexity index is 501. The van der Waals surface area contributed by atoms with Crippen molar-refractivity contribution >= 4 is 33.3 Å². The minimum absolute atomic E-state index is 0.235. The van der Waals surface area contributed by atoms with E-state index in [-0.39, 0.29) is 5.11 Å². The summed E-state index contributed by atoms with van der Waals surface area (Å²) in [4.78, 5) is 2.12. The molecule has 0 spiro atoms. The van der Waals surface area contributed by atoms with Crippen molar-refractivity contribution in [3.05, 3.63) is 59.1 Å². The van der Waals surface area contributed by atoms with Crippen LogP contribution in [0, 0.1) is 0 Å². The van der Waals surface area contributed by atoms with Gasteiger partial charge in [-0.1, -0.05) is 30.3 Å². The number of hydrogen-bond acceptors (Lipinski definition) is 3. The molecule has 2 rings (SSSR count). The highest BCUT2D eigenvalue weighted by Gasteiger charge is 2.11. The van der Waals surface area contributed by atoms with Crippen LogP contribution in [0.15, 0.2) is 53.5 Å². The maximum atomic E-state index is 5.42. The number of thiocarbonyl (C=S) groups is 1. The molecule has 0 unspecified atom stereocenters. The van der Waals surface area contributed by atoms with E-state index in [1.165, 1.54) is 5.56 Å². The first-order valence-electron chi connectivity index (χ1n) is 5.86. The summed E-state index contributed by atoms with van der Waals surface area (Å²) < 4.78 is 0.953. The smallest absolute Gasteiger partial charge is 0.183 e. The first-order chi connectivity index (χ1) is 9.15. The van der Waals surface area contributed by atoms with E-state index >= 15 is 0 Å². The van der Waals surface area contributed by atoms with Crippen molar-refractivity contribution in [2.24, 2.45) is 5.73 Å². The van der Waals surface area contributed by atoms with Crippen LogP contribution in [0.1, 0.15) is 5.56 Å². The maximum Gasteiger partial charge on any atom is 0.183 e. The van der Waals surface area contributed by atoms with Crippen LogP contribution in [0.3, 0.4) is 0 Å². The molecule has 6 heteroatoms. The third-order valence-corrected chi connectivity index (χ3v) is 3.40. The fourth-order valence-electron chi connectivity index (χ4n) is 1.73. The Kier molecular flexibility index (Phi) is 4.81. The van der Waals surface area contributed by atoms with Gasteiger partial charge in [-0.25, -0.2) is 0 Å². The van der Waals surface area contributed by atoms with Gasteiger partial charge < -0.3 is 10.6 Å². The number of rotatable bonds is 4. The molecule has 0 aliphatic carbocycles. The maximum absolute atomic E-state index is 5.42. The van der Waals surface area contributed by atoms with Crippen molar-refractivity contribution in [3.63, 3.8) is 0 Å². The van der Waals surface area contributed by atoms with Crippen molar-refractivity contribution in [3.8, 4) is 0 Å². The quantitative estimate of drug-likeness (QED) is 0.651. The van der Waals surface area contributed by atoms with Crippen LogP contribution in [0.25, 0.3) is 0 Å². The molecule has 0 bridgehead atoms. The summed E-state index contributed by atoms with van der Waals surface area (Å²) in [6.45, 7) is 0.901. The zero-order chi connectivity index (χ0) is 13.7. The lowest BCUT2D eigenvalue weighted by molar-refractivity contribution is 0.391. The normalized spacial score (nSPS) is 14.3. The Labute approximate surface area is 126 Å². The summed E-state index contributed by atoms with van der Waals surface area (Å²) in [6, 6.07) is 10.4. The summed E-state index contributed by atoms with van der Waals surface area (Å²) in [5.41, 5.74) is 9.57. The zero-order valence-corrected chi connectivity index (χ0v) is 12.7. The number of nitrogens with zero attached hydrogens (tertiary/aromatic N) is 2. The second-order valence-corrected chi connectivity index (χ2v) is 5.31. The predicted molar refractivity (Wildman–Crippen MR) is 84.8 cm³/mol. The molecular formula is C13H15BrN4S. The Balaban J connectivity index is 1.90. The first kappa shape index (κ1) is 13.9. The molecule has 100 valence electrons. The topological polar surface area (TPSA) is 44.5 Å². The highest BCUT2D eigenvalue weighted by molar-refractivity contribution is 9.11. The Morgan fingerprint density at radius 2 is 2.00 bits per heavy atom. The van der Waals surface area contributed by atoms with Crippen LogP contribution in [0.4, 0.5) is 0 Å². The first-order valence-corrected chi connectivity index (χ1v) is 7.06. The number of hydrogen-bond donors (Lipinski definition) is 2. The van der Waals surface area contributed by atoms with Gasteiger partial charge in [-0.05, 0) is 40.1 Å². The van der Waals surface area contributed by atoms with Gasteiger partial charge in [-0.3, -0.25) is 10.4 Å². The Morgan fingerprint density at radius 1 is 1.26 bits per heavy atom. The van der Waals surface area contributed by atoms with Crippen molar-refractivity contribution in [2.75, 3.05) is 6.54 Å². The molecule has 1 aromatic rings. The van der Waals surface area contributed by atoms with E-state index in [1.54, 1.807) is 5.01 Å². The molecule has 1 aliphatic rings. The highest BCUT2D eigenvalue weighted by Crippen LogP contribution is 2.18. The SMILES string of the molecule is NC(=S)NN1C=CN(CCc2ccccc2)C(Br)=C1. The van der Waals surface area contributed by atoms with Gasteiger partial charge in [0.25, 0.3) is 0 Å². The predicted octanol–water partition coefficient (Wildman–Crippen LogP) is 2.26. The zero-order valence-electron chi connectivity index (χ0n) is 10.3. The number of nitrogens with one attached hydrogen (secondary N) is 1. The van der Waals surface area contributed by atoms with E-state index < -0.39 is 0 Å². The second-order valence-electron chi connectivity index (χ2n) is 4.06. The highest BCUT2D eigenvalue weighted by atomic mass is 79.9. The molecule has 0 saturated carbocycles. The average Bonchev–Trinajstić information content (AvgIpc) is 2.38. The average molecular weight is 339 g/mol. The van der Waals surface area contributed by atoms with Gasteiger partial charge in [-0.15, -0.1) is 0 Å². The number of hydrazine groups is 1. The monoisotopic (exact) mass is 338 g/mol. The lowest BCUT2D eigenvalue weighted by atomic mass is 10.1. The molecule has 0 aromatic heterocycles. The lowest BCUT2D eigenvalue weighted by Crippen LogP contribution is -2.40. The van der Waals surface area contributed by atoms with Crippen LogP contribution >= 0.6 is 28.1 Å². The molecule has 1 aliphatic heterocycles. The summed E-state index contributed by atoms with van der Waals surface area (Å²) in [7, 11) is 0. The molecule has 0 atom stereocenters. The van der Waals surface area contributed by atoms with Crippen molar-refractivity contribution in [1.29, 1.82) is 0 Å². The van der Waals surface area contributed by atoms with Crippen molar-refractivity contribution in [2.45, 2.75) is 6.42 Å². The summed E-state index contributed by atoms with van der Waals surface area (Å²) in [6.07, 6.45) is 6.70. The number of benzene rings is 1. The third-order valence-electron chi connectivity index (χ3n) is 2.65. The molecule has 19 heavy (non-hydrogen) atoms. The largest absolute Gasteiger partial charge is 0.375 e. The van der Waals surface area contributed by atoms with E-state index in [4.69, 9.17) is 18.0 Å². The van der Waals surface area contributed by atoms with Gasteiger partial charge in [-0.2, -0.15) is 0 Å². The summed E-state index contributed by atoms with van der Waals surface area (Å²) >= 11 is 8.32. The molecule has 0 saturated heterocycles. The minimum Gasteiger partial charge on any atom is -0.375 e.